The molecule has 0 amide bonds. The van der Waals surface area contributed by atoms with Gasteiger partial charge in [0.25, 0.3) is 0 Å². The molecule has 0 bridgehead atoms. The highest BCUT2D eigenvalue weighted by Gasteiger charge is 2.38. The molecule has 3 aliphatic rings. The van der Waals surface area contributed by atoms with Gasteiger partial charge in [-0.1, -0.05) is 187 Å². The Hall–Kier alpha value is -7.02. The topological polar surface area (TPSA) is 0 Å². The van der Waals surface area contributed by atoms with Gasteiger partial charge in [0.1, 0.15) is 0 Å². The fourth-order valence-electron chi connectivity index (χ4n) is 12.3. The molecule has 0 aliphatic heterocycles. The molecule has 0 N–H and O–H groups in total. The molecule has 0 spiro atoms. The van der Waals surface area contributed by atoms with Crippen LogP contribution in [0.25, 0.3) is 99.1 Å². The lowest BCUT2D eigenvalue weighted by Gasteiger charge is -2.22. The van der Waals surface area contributed by atoms with E-state index < -0.39 is 0 Å². The van der Waals surface area contributed by atoms with Crippen LogP contribution in [0.5, 0.6) is 0 Å². The van der Waals surface area contributed by atoms with E-state index in [-0.39, 0.29) is 16.2 Å². The van der Waals surface area contributed by atoms with Crippen molar-refractivity contribution < 1.29 is 0 Å². The summed E-state index contributed by atoms with van der Waals surface area (Å²) in [6.45, 7) is 14.2. The molecule has 10 aromatic rings. The third-order valence-corrected chi connectivity index (χ3v) is 15.7. The van der Waals surface area contributed by atoms with E-state index in [0.29, 0.717) is 0 Å². The van der Waals surface area contributed by atoms with Crippen LogP contribution in [0.4, 0.5) is 0 Å². The number of fused-ring (bicyclic) bond motifs is 14. The molecule has 0 fully saturated rings. The molecule has 13 rings (SSSR count). The van der Waals surface area contributed by atoms with Gasteiger partial charge in [-0.25, -0.2) is 0 Å². The van der Waals surface area contributed by atoms with Crippen LogP contribution in [0.1, 0.15) is 74.9 Å². The zero-order valence-corrected chi connectivity index (χ0v) is 36.8. The minimum absolute atomic E-state index is 0.0378. The lowest BCUT2D eigenvalue weighted by molar-refractivity contribution is 0.660. The zero-order chi connectivity index (χ0) is 42.6. The summed E-state index contributed by atoms with van der Waals surface area (Å²) >= 11 is 0. The molecule has 0 heterocycles. The van der Waals surface area contributed by atoms with Gasteiger partial charge in [0.15, 0.2) is 0 Å². The van der Waals surface area contributed by atoms with Crippen molar-refractivity contribution >= 4 is 32.3 Å². The normalized spacial score (nSPS) is 15.5. The number of benzene rings is 10. The summed E-state index contributed by atoms with van der Waals surface area (Å²) in [6.07, 6.45) is 0. The molecule has 0 heteroatoms. The van der Waals surface area contributed by atoms with Crippen molar-refractivity contribution in [2.24, 2.45) is 0 Å². The predicted octanol–water partition coefficient (Wildman–Crippen LogP) is 17.1. The van der Waals surface area contributed by atoms with E-state index in [9.17, 15) is 0 Å². The second kappa shape index (κ2) is 12.6. The lowest BCUT2D eigenvalue weighted by atomic mass is 9.81. The van der Waals surface area contributed by atoms with Crippen LogP contribution in [0.3, 0.4) is 0 Å². The molecule has 0 nitrogen and oxygen atoms in total. The molecule has 0 saturated carbocycles. The summed E-state index contributed by atoms with van der Waals surface area (Å²) in [5.74, 6) is 0. The summed E-state index contributed by atoms with van der Waals surface area (Å²) in [6, 6.07) is 69.9. The molecular weight excluding hydrogens is 757 g/mol. The Kier molecular flexibility index (Phi) is 7.29. The first-order valence-corrected chi connectivity index (χ1v) is 22.7. The number of hydrogen-bond donors (Lipinski definition) is 0. The molecule has 0 aromatic heterocycles. The van der Waals surface area contributed by atoms with Gasteiger partial charge >= 0.3 is 0 Å². The average molecular weight is 805 g/mol. The van der Waals surface area contributed by atoms with Crippen LogP contribution in [-0.4, -0.2) is 0 Å². The van der Waals surface area contributed by atoms with Crippen molar-refractivity contribution in [3.05, 3.63) is 215 Å². The Morgan fingerprint density at radius 3 is 1.14 bits per heavy atom. The second-order valence-electron chi connectivity index (χ2n) is 20.0. The van der Waals surface area contributed by atoms with Gasteiger partial charge in [-0.05, 0) is 169 Å². The number of rotatable bonds is 3. The van der Waals surface area contributed by atoms with E-state index in [4.69, 9.17) is 0 Å². The summed E-state index contributed by atoms with van der Waals surface area (Å²) in [5, 5.41) is 7.69. The molecule has 300 valence electrons. The Balaban J connectivity index is 1.08. The van der Waals surface area contributed by atoms with E-state index in [0.717, 1.165) is 0 Å². The summed E-state index contributed by atoms with van der Waals surface area (Å²) < 4.78 is 0. The van der Waals surface area contributed by atoms with Gasteiger partial charge in [-0.15, -0.1) is 0 Å². The van der Waals surface area contributed by atoms with Crippen molar-refractivity contribution in [2.75, 3.05) is 0 Å². The molecule has 10 aromatic carbocycles. The number of hydrogen-bond acceptors (Lipinski definition) is 0. The minimum Gasteiger partial charge on any atom is -0.0619 e. The fourth-order valence-corrected chi connectivity index (χ4v) is 12.3. The van der Waals surface area contributed by atoms with Gasteiger partial charge < -0.3 is 0 Å². The van der Waals surface area contributed by atoms with Crippen LogP contribution in [-0.2, 0) is 16.2 Å². The standard InChI is InChI=1S/C63H48/c1-61(2)56-21-13-10-18-45(56)53-32-39(25-29-58(53)61)48-36-52-50-31-37(38-24-28-47-44-17-9-12-20-55(44)63(5,6)60(47)34-38)23-27-43(50)49(35-51(52)42-16-8-7-15-41(42)48)40-26-30-59-54(33-40)46-19-11-14-22-57(46)62(59,3)4/h7-36H,1-6H3. The fraction of sp³-hybridized carbons (Fsp3) is 0.143. The second-order valence-corrected chi connectivity index (χ2v) is 20.0. The van der Waals surface area contributed by atoms with Gasteiger partial charge in [0.2, 0.25) is 0 Å². The molecular formula is C63H48. The van der Waals surface area contributed by atoms with E-state index >= 15 is 0 Å². The quantitative estimate of drug-likeness (QED) is 0.156. The third kappa shape index (κ3) is 4.93. The van der Waals surface area contributed by atoms with Crippen molar-refractivity contribution in [3.63, 3.8) is 0 Å². The van der Waals surface area contributed by atoms with Crippen molar-refractivity contribution in [1.82, 2.24) is 0 Å². The molecule has 0 atom stereocenters. The van der Waals surface area contributed by atoms with Crippen LogP contribution in [0.15, 0.2) is 182 Å². The zero-order valence-electron chi connectivity index (χ0n) is 36.8. The first-order chi connectivity index (χ1) is 30.5. The summed E-state index contributed by atoms with van der Waals surface area (Å²) in [4.78, 5) is 0. The maximum Gasteiger partial charge on any atom is 0.0159 e. The van der Waals surface area contributed by atoms with Crippen LogP contribution < -0.4 is 0 Å². The smallest absolute Gasteiger partial charge is 0.0159 e. The highest BCUT2D eigenvalue weighted by atomic mass is 14.4. The summed E-state index contributed by atoms with van der Waals surface area (Å²) in [7, 11) is 0. The van der Waals surface area contributed by atoms with Crippen LogP contribution in [0.2, 0.25) is 0 Å². The monoisotopic (exact) mass is 804 g/mol. The van der Waals surface area contributed by atoms with Crippen LogP contribution >= 0.6 is 0 Å². The van der Waals surface area contributed by atoms with Gasteiger partial charge in [-0.3, -0.25) is 0 Å². The Morgan fingerprint density at radius 2 is 0.571 bits per heavy atom. The Labute approximate surface area is 370 Å². The molecule has 0 saturated heterocycles. The first kappa shape index (κ1) is 36.6. The largest absolute Gasteiger partial charge is 0.0619 e. The Morgan fingerprint density at radius 1 is 0.206 bits per heavy atom. The molecule has 63 heavy (non-hydrogen) atoms. The van der Waals surface area contributed by atoms with Crippen LogP contribution in [0, 0.1) is 0 Å². The van der Waals surface area contributed by atoms with Gasteiger partial charge in [0.05, 0.1) is 0 Å². The van der Waals surface area contributed by atoms with E-state index in [1.165, 1.54) is 132 Å². The minimum atomic E-state index is -0.0706. The SMILES string of the molecule is CC1(C)c2ccccc2-c2cc(-c3cc4c5cc(-c6ccc7c(c6)C(C)(C)c6ccccc6-7)ccc5c(-c5ccc6c(c5)-c5ccccc5C6(C)C)cc4c4ccccc34)ccc21. The molecule has 0 unspecified atom stereocenters. The summed E-state index contributed by atoms with van der Waals surface area (Å²) in [5.41, 5.74) is 23.9. The maximum atomic E-state index is 2.51. The van der Waals surface area contributed by atoms with Crippen molar-refractivity contribution in [1.29, 1.82) is 0 Å². The molecule has 3 aliphatic carbocycles. The van der Waals surface area contributed by atoms with E-state index in [1.54, 1.807) is 0 Å². The van der Waals surface area contributed by atoms with Gasteiger partial charge in [-0.2, -0.15) is 0 Å². The predicted molar refractivity (Wildman–Crippen MR) is 268 cm³/mol. The van der Waals surface area contributed by atoms with E-state index in [2.05, 4.69) is 224 Å². The highest BCUT2D eigenvalue weighted by molar-refractivity contribution is 6.24. The first-order valence-electron chi connectivity index (χ1n) is 22.7. The average Bonchev–Trinajstić information content (AvgIpc) is 3.80. The lowest BCUT2D eigenvalue weighted by Crippen LogP contribution is -2.14. The van der Waals surface area contributed by atoms with E-state index in [1.807, 2.05) is 0 Å². The Bertz CT molecular complexity index is 3640. The van der Waals surface area contributed by atoms with Gasteiger partial charge in [0, 0.05) is 16.2 Å². The van der Waals surface area contributed by atoms with Crippen molar-refractivity contribution in [2.45, 2.75) is 57.8 Å². The highest BCUT2D eigenvalue weighted by Crippen LogP contribution is 2.54. The van der Waals surface area contributed by atoms with Crippen molar-refractivity contribution in [3.8, 4) is 66.8 Å². The third-order valence-electron chi connectivity index (χ3n) is 15.7. The molecule has 0 radical (unpaired) electrons. The maximum absolute atomic E-state index is 2.51.